The average molecular weight is 461 g/mol. The van der Waals surface area contributed by atoms with Crippen molar-refractivity contribution in [1.82, 2.24) is 10.7 Å². The SMILES string of the molecule is CCCNC(=O)C(=O)N/N=C\c1ccccc1OCC(=O)Nc1ccc(Br)cc1. The van der Waals surface area contributed by atoms with Gasteiger partial charge in [-0.3, -0.25) is 14.4 Å². The largest absolute Gasteiger partial charge is 0.483 e. The van der Waals surface area contributed by atoms with Crippen LogP contribution in [0.4, 0.5) is 5.69 Å². The molecule has 9 heteroatoms. The zero-order valence-electron chi connectivity index (χ0n) is 15.8. The number of ether oxygens (including phenoxy) is 1. The van der Waals surface area contributed by atoms with Gasteiger partial charge in [0.2, 0.25) is 0 Å². The summed E-state index contributed by atoms with van der Waals surface area (Å²) in [5, 5.41) is 8.94. The van der Waals surface area contributed by atoms with Crippen LogP contribution in [-0.2, 0) is 14.4 Å². The molecule has 152 valence electrons. The number of nitrogens with one attached hydrogen (secondary N) is 3. The molecule has 29 heavy (non-hydrogen) atoms. The van der Waals surface area contributed by atoms with Crippen LogP contribution in [0.2, 0.25) is 0 Å². The number of carbonyl (C=O) groups is 3. The normalized spacial score (nSPS) is 10.4. The molecular weight excluding hydrogens is 440 g/mol. The van der Waals surface area contributed by atoms with E-state index >= 15 is 0 Å². The summed E-state index contributed by atoms with van der Waals surface area (Å²) in [6.07, 6.45) is 2.06. The van der Waals surface area contributed by atoms with Crippen LogP contribution in [0.1, 0.15) is 18.9 Å². The first-order chi connectivity index (χ1) is 14.0. The molecule has 0 atom stereocenters. The molecule has 0 saturated heterocycles. The smallest absolute Gasteiger partial charge is 0.329 e. The van der Waals surface area contributed by atoms with Crippen LogP contribution in [0.5, 0.6) is 5.75 Å². The number of hydrazone groups is 1. The van der Waals surface area contributed by atoms with Crippen molar-refractivity contribution in [3.8, 4) is 5.75 Å². The lowest BCUT2D eigenvalue weighted by molar-refractivity contribution is -0.139. The van der Waals surface area contributed by atoms with E-state index in [0.29, 0.717) is 23.5 Å². The number of anilines is 1. The minimum absolute atomic E-state index is 0.202. The Hall–Kier alpha value is -3.20. The Morgan fingerprint density at radius 1 is 1.07 bits per heavy atom. The Bertz CT molecular complexity index is 884. The van der Waals surface area contributed by atoms with Gasteiger partial charge in [-0.2, -0.15) is 5.10 Å². The molecule has 0 fully saturated rings. The van der Waals surface area contributed by atoms with Crippen molar-refractivity contribution in [2.75, 3.05) is 18.5 Å². The van der Waals surface area contributed by atoms with Gasteiger partial charge in [0.15, 0.2) is 6.61 Å². The summed E-state index contributed by atoms with van der Waals surface area (Å²) < 4.78 is 6.46. The monoisotopic (exact) mass is 460 g/mol. The van der Waals surface area contributed by atoms with Crippen molar-refractivity contribution in [2.24, 2.45) is 5.10 Å². The molecule has 0 aliphatic rings. The van der Waals surface area contributed by atoms with E-state index < -0.39 is 11.8 Å². The van der Waals surface area contributed by atoms with Crippen LogP contribution in [0.3, 0.4) is 0 Å². The predicted octanol–water partition coefficient (Wildman–Crippen LogP) is 2.44. The fourth-order valence-corrected chi connectivity index (χ4v) is 2.39. The quantitative estimate of drug-likeness (QED) is 0.319. The number of benzene rings is 2. The first-order valence-electron chi connectivity index (χ1n) is 8.88. The fourth-order valence-electron chi connectivity index (χ4n) is 2.12. The van der Waals surface area contributed by atoms with E-state index in [9.17, 15) is 14.4 Å². The average Bonchev–Trinajstić information content (AvgIpc) is 2.72. The van der Waals surface area contributed by atoms with Crippen LogP contribution in [0.15, 0.2) is 58.1 Å². The van der Waals surface area contributed by atoms with Gasteiger partial charge in [-0.15, -0.1) is 0 Å². The molecule has 0 heterocycles. The lowest BCUT2D eigenvalue weighted by Gasteiger charge is -2.09. The zero-order chi connectivity index (χ0) is 21.1. The second-order valence-corrected chi connectivity index (χ2v) is 6.75. The molecule has 2 aromatic carbocycles. The molecule has 0 aromatic heterocycles. The summed E-state index contributed by atoms with van der Waals surface area (Å²) in [7, 11) is 0. The molecule has 0 radical (unpaired) electrons. The Morgan fingerprint density at radius 2 is 1.79 bits per heavy atom. The third-order valence-electron chi connectivity index (χ3n) is 3.52. The highest BCUT2D eigenvalue weighted by Gasteiger charge is 2.11. The number of carbonyl (C=O) groups excluding carboxylic acids is 3. The predicted molar refractivity (Wildman–Crippen MR) is 114 cm³/mol. The highest BCUT2D eigenvalue weighted by molar-refractivity contribution is 9.10. The number of hydrogen-bond acceptors (Lipinski definition) is 5. The fraction of sp³-hybridized carbons (Fsp3) is 0.200. The second-order valence-electron chi connectivity index (χ2n) is 5.84. The maximum Gasteiger partial charge on any atom is 0.329 e. The highest BCUT2D eigenvalue weighted by Crippen LogP contribution is 2.17. The van der Waals surface area contributed by atoms with Gasteiger partial charge in [-0.05, 0) is 42.8 Å². The molecule has 3 N–H and O–H groups in total. The van der Waals surface area contributed by atoms with Crippen molar-refractivity contribution in [2.45, 2.75) is 13.3 Å². The van der Waals surface area contributed by atoms with Crippen LogP contribution in [0.25, 0.3) is 0 Å². The minimum Gasteiger partial charge on any atom is -0.483 e. The standard InChI is InChI=1S/C20H21BrN4O4/c1-2-11-22-19(27)20(28)25-23-12-14-5-3-4-6-17(14)29-13-18(26)24-16-9-7-15(21)8-10-16/h3-10,12H,2,11,13H2,1H3,(H,22,27)(H,24,26)(H,25,28)/b23-12-. The summed E-state index contributed by atoms with van der Waals surface area (Å²) >= 11 is 3.33. The molecule has 0 aliphatic heterocycles. The van der Waals surface area contributed by atoms with Crippen LogP contribution >= 0.6 is 15.9 Å². The topological polar surface area (TPSA) is 109 Å². The van der Waals surface area contributed by atoms with Crippen LogP contribution in [0, 0.1) is 0 Å². The Balaban J connectivity index is 1.89. The molecular formula is C20H21BrN4O4. The van der Waals surface area contributed by atoms with Crippen LogP contribution < -0.4 is 20.8 Å². The summed E-state index contributed by atoms with van der Waals surface area (Å²) in [4.78, 5) is 35.2. The maximum atomic E-state index is 12.1. The zero-order valence-corrected chi connectivity index (χ0v) is 17.4. The van der Waals surface area contributed by atoms with Crippen molar-refractivity contribution in [3.05, 3.63) is 58.6 Å². The number of amides is 3. The second kappa shape index (κ2) is 11.6. The van der Waals surface area contributed by atoms with Gasteiger partial charge in [0.1, 0.15) is 5.75 Å². The van der Waals surface area contributed by atoms with E-state index in [0.717, 1.165) is 10.9 Å². The number of nitrogens with zero attached hydrogens (tertiary/aromatic N) is 1. The summed E-state index contributed by atoms with van der Waals surface area (Å²) in [5.41, 5.74) is 3.34. The minimum atomic E-state index is -0.859. The molecule has 0 unspecified atom stereocenters. The van der Waals surface area contributed by atoms with Crippen LogP contribution in [-0.4, -0.2) is 37.1 Å². The molecule has 0 saturated carbocycles. The highest BCUT2D eigenvalue weighted by atomic mass is 79.9. The van der Waals surface area contributed by atoms with Gasteiger partial charge in [-0.1, -0.05) is 35.0 Å². The maximum absolute atomic E-state index is 12.1. The van der Waals surface area contributed by atoms with Crippen molar-refractivity contribution in [1.29, 1.82) is 0 Å². The lowest BCUT2D eigenvalue weighted by atomic mass is 10.2. The van der Waals surface area contributed by atoms with Gasteiger partial charge >= 0.3 is 11.8 Å². The third-order valence-corrected chi connectivity index (χ3v) is 4.05. The number of hydrogen-bond donors (Lipinski definition) is 3. The third kappa shape index (κ3) is 7.74. The molecule has 3 amide bonds. The first kappa shape index (κ1) is 22.1. The van der Waals surface area contributed by atoms with Gasteiger partial charge in [0.05, 0.1) is 6.21 Å². The van der Waals surface area contributed by atoms with Crippen molar-refractivity contribution < 1.29 is 19.1 Å². The molecule has 0 spiro atoms. The van der Waals surface area contributed by atoms with Gasteiger partial charge < -0.3 is 15.4 Å². The van der Waals surface area contributed by atoms with E-state index in [1.165, 1.54) is 6.21 Å². The summed E-state index contributed by atoms with van der Waals surface area (Å²) in [6.45, 7) is 2.09. The first-order valence-corrected chi connectivity index (χ1v) is 9.67. The number of rotatable bonds is 8. The Labute approximate surface area is 176 Å². The van der Waals surface area contributed by atoms with E-state index in [2.05, 4.69) is 37.1 Å². The van der Waals surface area contributed by atoms with Crippen molar-refractivity contribution >= 4 is 45.6 Å². The van der Waals surface area contributed by atoms with E-state index in [-0.39, 0.29) is 12.5 Å². The molecule has 8 nitrogen and oxygen atoms in total. The van der Waals surface area contributed by atoms with E-state index in [4.69, 9.17) is 4.74 Å². The lowest BCUT2D eigenvalue weighted by Crippen LogP contribution is -2.38. The Kier molecular flexibility index (Phi) is 8.84. The molecule has 2 aromatic rings. The van der Waals surface area contributed by atoms with Gasteiger partial charge in [-0.25, -0.2) is 5.43 Å². The summed E-state index contributed by atoms with van der Waals surface area (Å²) in [5.74, 6) is -1.52. The van der Waals surface area contributed by atoms with Crippen molar-refractivity contribution in [3.63, 3.8) is 0 Å². The summed E-state index contributed by atoms with van der Waals surface area (Å²) in [6, 6.07) is 14.0. The molecule has 2 rings (SSSR count). The Morgan fingerprint density at radius 3 is 2.52 bits per heavy atom. The number of para-hydroxylation sites is 1. The van der Waals surface area contributed by atoms with Gasteiger partial charge in [0.25, 0.3) is 5.91 Å². The molecule has 0 aliphatic carbocycles. The number of halogens is 1. The van der Waals surface area contributed by atoms with E-state index in [1.54, 1.807) is 36.4 Å². The van der Waals surface area contributed by atoms with E-state index in [1.807, 2.05) is 19.1 Å². The molecule has 0 bridgehead atoms. The van der Waals surface area contributed by atoms with Gasteiger partial charge in [0, 0.05) is 22.3 Å².